The minimum absolute atomic E-state index is 0.773. The molecule has 6 aliphatic carbocycles. The summed E-state index contributed by atoms with van der Waals surface area (Å²) >= 11 is 0. The third-order valence-corrected chi connectivity index (χ3v) is 5.57. The molecule has 2 nitrogen and oxygen atoms in total. The highest BCUT2D eigenvalue weighted by Crippen LogP contribution is 2.93. The fraction of sp³-hybridized carbons (Fsp3) is 0.889. The van der Waals surface area contributed by atoms with Crippen molar-refractivity contribution < 1.29 is 5.21 Å². The molecule has 6 fully saturated rings. The number of hydrogen-bond acceptors (Lipinski definition) is 2. The average Bonchev–Trinajstić information content (AvgIpc) is 2.30. The Morgan fingerprint density at radius 1 is 0.818 bits per heavy atom. The second kappa shape index (κ2) is 0.900. The maximum Gasteiger partial charge on any atom is 0.0644 e. The zero-order valence-electron chi connectivity index (χ0n) is 6.01. The second-order valence-electron chi connectivity index (χ2n) is 5.04. The van der Waals surface area contributed by atoms with Crippen LogP contribution in [0, 0.1) is 47.3 Å². The molecule has 4 unspecified atom stereocenters. The van der Waals surface area contributed by atoms with Crippen LogP contribution in [0.15, 0.2) is 5.16 Å². The molecule has 2 bridgehead atoms. The molecule has 0 amide bonds. The Hall–Kier alpha value is -0.530. The van der Waals surface area contributed by atoms with Gasteiger partial charge in [0.05, 0.1) is 5.71 Å². The van der Waals surface area contributed by atoms with Crippen LogP contribution in [0.25, 0.3) is 0 Å². The molecular formula is C9H9NO. The third-order valence-electron chi connectivity index (χ3n) is 5.57. The number of hydrogen-bond donors (Lipinski definition) is 1. The Balaban J connectivity index is 1.85. The van der Waals surface area contributed by atoms with Gasteiger partial charge in [0.2, 0.25) is 0 Å². The molecule has 1 N–H and O–H groups in total. The van der Waals surface area contributed by atoms with Gasteiger partial charge < -0.3 is 5.21 Å². The van der Waals surface area contributed by atoms with Crippen LogP contribution in [-0.4, -0.2) is 10.9 Å². The maximum absolute atomic E-state index is 8.82. The second-order valence-corrected chi connectivity index (χ2v) is 5.04. The van der Waals surface area contributed by atoms with Crippen LogP contribution < -0.4 is 0 Å². The normalized spacial score (nSPS) is 82.7. The molecule has 0 aromatic rings. The van der Waals surface area contributed by atoms with E-state index in [-0.39, 0.29) is 0 Å². The molecule has 0 heterocycles. The van der Waals surface area contributed by atoms with Crippen molar-refractivity contribution in [1.29, 1.82) is 0 Å². The van der Waals surface area contributed by atoms with Gasteiger partial charge in [0.1, 0.15) is 0 Å². The van der Waals surface area contributed by atoms with Gasteiger partial charge in [-0.1, -0.05) is 5.16 Å². The van der Waals surface area contributed by atoms with Gasteiger partial charge in [0.15, 0.2) is 0 Å². The SMILES string of the molecule is ON=C1C2[C@@H]3C4C5[C@@H](C1[C@@H]53)[C@@H]24. The van der Waals surface area contributed by atoms with Crippen LogP contribution in [0.2, 0.25) is 0 Å². The lowest BCUT2D eigenvalue weighted by atomic mass is 9.20. The first kappa shape index (κ1) is 4.48. The van der Waals surface area contributed by atoms with E-state index in [9.17, 15) is 0 Å². The zero-order valence-corrected chi connectivity index (χ0v) is 6.01. The van der Waals surface area contributed by atoms with Crippen LogP contribution in [-0.2, 0) is 0 Å². The van der Waals surface area contributed by atoms with E-state index in [1.807, 2.05) is 0 Å². The highest BCUT2D eigenvalue weighted by atomic mass is 16.4. The Kier molecular flexibility index (Phi) is 0.367. The fourth-order valence-corrected chi connectivity index (χ4v) is 5.56. The van der Waals surface area contributed by atoms with E-state index >= 15 is 0 Å². The average molecular weight is 147 g/mol. The van der Waals surface area contributed by atoms with Gasteiger partial charge in [-0.15, -0.1) is 0 Å². The molecule has 0 saturated heterocycles. The van der Waals surface area contributed by atoms with Crippen LogP contribution >= 0.6 is 0 Å². The summed E-state index contributed by atoms with van der Waals surface area (Å²) < 4.78 is 0. The van der Waals surface area contributed by atoms with Crippen molar-refractivity contribution in [1.82, 2.24) is 0 Å². The third kappa shape index (κ3) is 0.185. The summed E-state index contributed by atoms with van der Waals surface area (Å²) in [5, 5.41) is 12.3. The van der Waals surface area contributed by atoms with Gasteiger partial charge in [-0.2, -0.15) is 0 Å². The molecule has 0 aromatic carbocycles. The van der Waals surface area contributed by atoms with Crippen molar-refractivity contribution in [3.63, 3.8) is 0 Å². The summed E-state index contributed by atoms with van der Waals surface area (Å²) in [7, 11) is 0. The minimum atomic E-state index is 0.773. The van der Waals surface area contributed by atoms with Gasteiger partial charge in [-0.05, 0) is 35.5 Å². The molecular weight excluding hydrogens is 138 g/mol. The summed E-state index contributed by atoms with van der Waals surface area (Å²) in [6, 6.07) is 0. The summed E-state index contributed by atoms with van der Waals surface area (Å²) in [4.78, 5) is 0. The standard InChI is InChI=1S/C9H9NO/c11-10-9-7-3-1-2-5(3)8(9)6(2)4(1)7/h1-8,11H/t1?,2?,3-,4+,5+,6-,7?,8?. The van der Waals surface area contributed by atoms with Gasteiger partial charge >= 0.3 is 0 Å². The molecule has 11 heavy (non-hydrogen) atoms. The first-order chi connectivity index (χ1) is 5.45. The van der Waals surface area contributed by atoms with Gasteiger partial charge in [-0.25, -0.2) is 0 Å². The molecule has 6 rings (SSSR count). The van der Waals surface area contributed by atoms with Gasteiger partial charge in [0.25, 0.3) is 0 Å². The van der Waals surface area contributed by atoms with E-state index in [0.717, 1.165) is 47.3 Å². The van der Waals surface area contributed by atoms with E-state index < -0.39 is 0 Å². The maximum atomic E-state index is 8.82. The fourth-order valence-electron chi connectivity index (χ4n) is 5.56. The van der Waals surface area contributed by atoms with E-state index in [4.69, 9.17) is 5.21 Å². The van der Waals surface area contributed by atoms with E-state index in [1.54, 1.807) is 0 Å². The Morgan fingerprint density at radius 3 is 1.64 bits per heavy atom. The van der Waals surface area contributed by atoms with Crippen molar-refractivity contribution in [3.05, 3.63) is 0 Å². The van der Waals surface area contributed by atoms with E-state index in [2.05, 4.69) is 5.16 Å². The van der Waals surface area contributed by atoms with Gasteiger partial charge in [-0.3, -0.25) is 0 Å². The molecule has 2 heteroatoms. The molecule has 6 aliphatic rings. The number of rotatable bonds is 0. The highest BCUT2D eigenvalue weighted by Gasteiger charge is 2.93. The van der Waals surface area contributed by atoms with Crippen molar-refractivity contribution in [2.75, 3.05) is 0 Å². The lowest BCUT2D eigenvalue weighted by Crippen LogP contribution is -2.81. The molecule has 8 atom stereocenters. The van der Waals surface area contributed by atoms with Crippen LogP contribution in [0.3, 0.4) is 0 Å². The van der Waals surface area contributed by atoms with E-state index in [1.165, 1.54) is 5.71 Å². The summed E-state index contributed by atoms with van der Waals surface area (Å²) in [6.45, 7) is 0. The number of oxime groups is 1. The topological polar surface area (TPSA) is 32.6 Å². The number of nitrogens with zero attached hydrogens (tertiary/aromatic N) is 1. The predicted octanol–water partition coefficient (Wildman–Crippen LogP) is 0.814. The quantitative estimate of drug-likeness (QED) is 0.399. The summed E-state index contributed by atoms with van der Waals surface area (Å²) in [5.41, 5.74) is 1.21. The minimum Gasteiger partial charge on any atom is -0.411 e. The molecule has 6 saturated carbocycles. The van der Waals surface area contributed by atoms with Crippen molar-refractivity contribution in [2.24, 2.45) is 52.5 Å². The summed E-state index contributed by atoms with van der Waals surface area (Å²) in [6.07, 6.45) is 0. The van der Waals surface area contributed by atoms with Crippen LogP contribution in [0.5, 0.6) is 0 Å². The summed E-state index contributed by atoms with van der Waals surface area (Å²) in [5.74, 6) is 7.80. The van der Waals surface area contributed by atoms with Crippen molar-refractivity contribution in [3.8, 4) is 0 Å². The first-order valence-electron chi connectivity index (χ1n) is 4.67. The lowest BCUT2D eigenvalue weighted by molar-refractivity contribution is -0.379. The highest BCUT2D eigenvalue weighted by molar-refractivity contribution is 5.99. The monoisotopic (exact) mass is 147 g/mol. The molecule has 0 spiro atoms. The molecule has 0 aromatic heterocycles. The van der Waals surface area contributed by atoms with Gasteiger partial charge in [0, 0.05) is 11.8 Å². The largest absolute Gasteiger partial charge is 0.411 e. The van der Waals surface area contributed by atoms with E-state index in [0.29, 0.717) is 0 Å². The zero-order chi connectivity index (χ0) is 6.90. The predicted molar refractivity (Wildman–Crippen MR) is 37.1 cm³/mol. The van der Waals surface area contributed by atoms with Crippen molar-refractivity contribution >= 4 is 5.71 Å². The van der Waals surface area contributed by atoms with Crippen LogP contribution in [0.1, 0.15) is 0 Å². The Morgan fingerprint density at radius 2 is 1.27 bits per heavy atom. The first-order valence-corrected chi connectivity index (χ1v) is 4.67. The Labute approximate surface area is 64.3 Å². The van der Waals surface area contributed by atoms with Crippen LogP contribution in [0.4, 0.5) is 0 Å². The molecule has 0 aliphatic heterocycles. The Bertz CT molecular complexity index is 276. The lowest BCUT2D eigenvalue weighted by Gasteiger charge is -2.83. The smallest absolute Gasteiger partial charge is 0.0644 e. The van der Waals surface area contributed by atoms with Crippen molar-refractivity contribution in [2.45, 2.75) is 0 Å². The molecule has 56 valence electrons. The molecule has 0 radical (unpaired) electrons.